The number of carboxylic acid groups (broad SMARTS) is 1. The van der Waals surface area contributed by atoms with Crippen molar-refractivity contribution in [2.24, 2.45) is 5.92 Å². The fourth-order valence-electron chi connectivity index (χ4n) is 2.40. The first-order valence-corrected chi connectivity index (χ1v) is 7.99. The molecule has 8 nitrogen and oxygen atoms in total. The minimum Gasteiger partial charge on any atom is -0.493 e. The molecular weight excluding hydrogens is 338 g/mol. The first kappa shape index (κ1) is 19.2. The topological polar surface area (TPSA) is 111 Å². The third-order valence-corrected chi connectivity index (χ3v) is 3.75. The molecule has 0 aliphatic carbocycles. The van der Waals surface area contributed by atoms with Crippen molar-refractivity contribution in [1.29, 1.82) is 0 Å². The molecule has 138 valence electrons. The summed E-state index contributed by atoms with van der Waals surface area (Å²) >= 11 is 0. The molecule has 0 saturated carbocycles. The molecule has 1 atom stereocenters. The predicted molar refractivity (Wildman–Crippen MR) is 93.7 cm³/mol. The smallest absolute Gasteiger partial charge is 0.356 e. The van der Waals surface area contributed by atoms with E-state index in [1.807, 2.05) is 25.1 Å². The number of nitrogens with one attached hydrogen (secondary N) is 1. The van der Waals surface area contributed by atoms with Crippen molar-refractivity contribution in [2.45, 2.75) is 13.3 Å². The summed E-state index contributed by atoms with van der Waals surface area (Å²) in [4.78, 5) is 30.3. The van der Waals surface area contributed by atoms with E-state index in [2.05, 4.69) is 15.3 Å². The molecule has 0 bridgehead atoms. The number of amides is 1. The first-order valence-electron chi connectivity index (χ1n) is 7.99. The van der Waals surface area contributed by atoms with E-state index < -0.39 is 11.9 Å². The van der Waals surface area contributed by atoms with Crippen LogP contribution in [0.25, 0.3) is 0 Å². The second-order valence-electron chi connectivity index (χ2n) is 5.80. The number of hydrogen-bond donors (Lipinski definition) is 2. The van der Waals surface area contributed by atoms with Gasteiger partial charge in [-0.05, 0) is 30.0 Å². The number of hydrogen-bond acceptors (Lipinski definition) is 6. The fourth-order valence-corrected chi connectivity index (χ4v) is 2.40. The normalized spacial score (nSPS) is 11.5. The molecule has 1 unspecified atom stereocenters. The molecule has 26 heavy (non-hydrogen) atoms. The van der Waals surface area contributed by atoms with Crippen LogP contribution in [0.4, 0.5) is 0 Å². The molecule has 0 aliphatic rings. The van der Waals surface area contributed by atoms with Gasteiger partial charge in [-0.15, -0.1) is 0 Å². The van der Waals surface area contributed by atoms with E-state index in [9.17, 15) is 9.59 Å². The highest BCUT2D eigenvalue weighted by Gasteiger charge is 2.13. The number of carboxylic acids is 1. The maximum Gasteiger partial charge on any atom is 0.356 e. The molecule has 1 aromatic heterocycles. The van der Waals surface area contributed by atoms with Crippen molar-refractivity contribution in [1.82, 2.24) is 15.3 Å². The number of carbonyl (C=O) groups excluding carboxylic acids is 1. The molecule has 1 aromatic carbocycles. The van der Waals surface area contributed by atoms with Crippen molar-refractivity contribution >= 4 is 11.9 Å². The summed E-state index contributed by atoms with van der Waals surface area (Å²) in [6.07, 6.45) is 2.95. The SMILES string of the molecule is COc1ccc(CC(C)CNC(=O)c2cnc(C(=O)O)cn2)cc1OC. The molecule has 0 radical (unpaired) electrons. The Morgan fingerprint density at radius 1 is 1.12 bits per heavy atom. The lowest BCUT2D eigenvalue weighted by Crippen LogP contribution is -2.30. The Balaban J connectivity index is 1.90. The minimum atomic E-state index is -1.19. The van der Waals surface area contributed by atoms with Crippen LogP contribution in [0.15, 0.2) is 30.6 Å². The molecule has 0 saturated heterocycles. The number of rotatable bonds is 8. The average Bonchev–Trinajstić information content (AvgIpc) is 2.66. The lowest BCUT2D eigenvalue weighted by atomic mass is 10.0. The molecule has 0 aliphatic heterocycles. The molecule has 0 fully saturated rings. The average molecular weight is 359 g/mol. The summed E-state index contributed by atoms with van der Waals surface area (Å²) in [5, 5.41) is 11.6. The molecule has 2 rings (SSSR count). The van der Waals surface area contributed by atoms with E-state index in [0.717, 1.165) is 24.4 Å². The summed E-state index contributed by atoms with van der Waals surface area (Å²) in [5.41, 5.74) is 0.937. The van der Waals surface area contributed by atoms with Gasteiger partial charge in [-0.2, -0.15) is 0 Å². The lowest BCUT2D eigenvalue weighted by Gasteiger charge is -2.14. The van der Waals surface area contributed by atoms with Gasteiger partial charge in [0.05, 0.1) is 26.6 Å². The monoisotopic (exact) mass is 359 g/mol. The highest BCUT2D eigenvalue weighted by molar-refractivity contribution is 5.92. The molecule has 1 heterocycles. The summed E-state index contributed by atoms with van der Waals surface area (Å²) in [5.74, 6) is -0.0829. The zero-order valence-electron chi connectivity index (χ0n) is 14.9. The standard InChI is InChI=1S/C18H21N3O5/c1-11(6-12-4-5-15(25-2)16(7-12)26-3)8-21-17(22)13-9-20-14(10-19-13)18(23)24/h4-5,7,9-11H,6,8H2,1-3H3,(H,21,22)(H,23,24). The van der Waals surface area contributed by atoms with Gasteiger partial charge in [0.15, 0.2) is 17.2 Å². The van der Waals surface area contributed by atoms with Gasteiger partial charge < -0.3 is 19.9 Å². The Bertz CT molecular complexity index is 777. The van der Waals surface area contributed by atoms with Crippen LogP contribution in [0.1, 0.15) is 33.5 Å². The second-order valence-corrected chi connectivity index (χ2v) is 5.80. The van der Waals surface area contributed by atoms with Crippen molar-refractivity contribution in [3.05, 3.63) is 47.5 Å². The second kappa shape index (κ2) is 8.80. The molecule has 2 aromatic rings. The van der Waals surface area contributed by atoms with Crippen molar-refractivity contribution in [2.75, 3.05) is 20.8 Å². The number of ether oxygens (including phenoxy) is 2. The van der Waals surface area contributed by atoms with E-state index in [0.29, 0.717) is 18.0 Å². The maximum absolute atomic E-state index is 12.1. The highest BCUT2D eigenvalue weighted by atomic mass is 16.5. The maximum atomic E-state index is 12.1. The van der Waals surface area contributed by atoms with Crippen LogP contribution in [0, 0.1) is 5.92 Å². The largest absolute Gasteiger partial charge is 0.493 e. The zero-order chi connectivity index (χ0) is 19.1. The van der Waals surface area contributed by atoms with Crippen molar-refractivity contribution in [3.8, 4) is 11.5 Å². The molecule has 1 amide bonds. The summed E-state index contributed by atoms with van der Waals surface area (Å²) in [6.45, 7) is 2.45. The van der Waals surface area contributed by atoms with Crippen LogP contribution in [-0.4, -0.2) is 47.7 Å². The van der Waals surface area contributed by atoms with Crippen LogP contribution in [0.2, 0.25) is 0 Å². The van der Waals surface area contributed by atoms with Crippen molar-refractivity contribution in [3.63, 3.8) is 0 Å². The lowest BCUT2D eigenvalue weighted by molar-refractivity contribution is 0.0689. The van der Waals surface area contributed by atoms with Crippen LogP contribution >= 0.6 is 0 Å². The number of methoxy groups -OCH3 is 2. The Hall–Kier alpha value is -3.16. The number of aromatic carboxylic acids is 1. The molecular formula is C18H21N3O5. The van der Waals surface area contributed by atoms with Crippen molar-refractivity contribution < 1.29 is 24.2 Å². The first-order chi connectivity index (χ1) is 12.4. The molecule has 8 heteroatoms. The fraction of sp³-hybridized carbons (Fsp3) is 0.333. The number of carbonyl (C=O) groups is 2. The van der Waals surface area contributed by atoms with Gasteiger partial charge in [0.25, 0.3) is 5.91 Å². The van der Waals surface area contributed by atoms with Gasteiger partial charge in [-0.3, -0.25) is 4.79 Å². The van der Waals surface area contributed by atoms with E-state index in [-0.39, 0.29) is 17.3 Å². The number of nitrogens with zero attached hydrogens (tertiary/aromatic N) is 2. The summed E-state index contributed by atoms with van der Waals surface area (Å²) in [6, 6.07) is 5.71. The zero-order valence-corrected chi connectivity index (χ0v) is 14.9. The Morgan fingerprint density at radius 3 is 2.35 bits per heavy atom. The third-order valence-electron chi connectivity index (χ3n) is 3.75. The van der Waals surface area contributed by atoms with E-state index in [4.69, 9.17) is 14.6 Å². The van der Waals surface area contributed by atoms with Gasteiger partial charge in [-0.1, -0.05) is 13.0 Å². The van der Waals surface area contributed by atoms with E-state index in [1.165, 1.54) is 0 Å². The summed E-state index contributed by atoms with van der Waals surface area (Å²) < 4.78 is 10.5. The van der Waals surface area contributed by atoms with Crippen LogP contribution in [0.3, 0.4) is 0 Å². The molecule has 2 N–H and O–H groups in total. The Morgan fingerprint density at radius 2 is 1.77 bits per heavy atom. The third kappa shape index (κ3) is 4.92. The number of benzene rings is 1. The highest BCUT2D eigenvalue weighted by Crippen LogP contribution is 2.28. The van der Waals surface area contributed by atoms with Gasteiger partial charge in [-0.25, -0.2) is 14.8 Å². The van der Waals surface area contributed by atoms with Gasteiger partial charge >= 0.3 is 5.97 Å². The van der Waals surface area contributed by atoms with E-state index >= 15 is 0 Å². The Kier molecular flexibility index (Phi) is 6.48. The van der Waals surface area contributed by atoms with Gasteiger partial charge in [0.1, 0.15) is 5.69 Å². The van der Waals surface area contributed by atoms with Crippen LogP contribution in [-0.2, 0) is 6.42 Å². The van der Waals surface area contributed by atoms with Crippen LogP contribution in [0.5, 0.6) is 11.5 Å². The van der Waals surface area contributed by atoms with Gasteiger partial charge in [0.2, 0.25) is 0 Å². The minimum absolute atomic E-state index is 0.0771. The number of aromatic nitrogens is 2. The quantitative estimate of drug-likeness (QED) is 0.739. The summed E-state index contributed by atoms with van der Waals surface area (Å²) in [7, 11) is 3.17. The van der Waals surface area contributed by atoms with Crippen LogP contribution < -0.4 is 14.8 Å². The molecule has 0 spiro atoms. The van der Waals surface area contributed by atoms with E-state index in [1.54, 1.807) is 14.2 Å². The Labute approximate surface area is 151 Å². The predicted octanol–water partition coefficient (Wildman–Crippen LogP) is 1.80. The van der Waals surface area contributed by atoms with Gasteiger partial charge in [0, 0.05) is 6.54 Å².